The van der Waals surface area contributed by atoms with E-state index in [0.29, 0.717) is 18.0 Å². The molecular formula is C15H24FN. The van der Waals surface area contributed by atoms with Crippen molar-refractivity contribution in [3.8, 4) is 0 Å². The molecular weight excluding hydrogens is 213 g/mol. The van der Waals surface area contributed by atoms with Gasteiger partial charge in [-0.1, -0.05) is 39.8 Å². The van der Waals surface area contributed by atoms with Crippen LogP contribution in [0.1, 0.15) is 52.1 Å². The topological polar surface area (TPSA) is 12.0 Å². The van der Waals surface area contributed by atoms with Crippen molar-refractivity contribution < 1.29 is 4.39 Å². The molecule has 0 radical (unpaired) electrons. The molecule has 0 heterocycles. The molecule has 0 saturated carbocycles. The Labute approximate surface area is 104 Å². The van der Waals surface area contributed by atoms with Crippen molar-refractivity contribution in [1.82, 2.24) is 5.32 Å². The molecule has 0 amide bonds. The van der Waals surface area contributed by atoms with Crippen LogP contribution in [0, 0.1) is 11.7 Å². The zero-order valence-electron chi connectivity index (χ0n) is 11.3. The standard InChI is InChI=1S/C15H24FN/c1-5-14(6-2)17-15(11(3)4)12-7-9-13(16)10-8-12/h7-11,14-15,17H,5-6H2,1-4H3. The van der Waals surface area contributed by atoms with E-state index < -0.39 is 0 Å². The summed E-state index contributed by atoms with van der Waals surface area (Å²) in [5.41, 5.74) is 1.17. The predicted molar refractivity (Wildman–Crippen MR) is 71.5 cm³/mol. The van der Waals surface area contributed by atoms with E-state index in [1.807, 2.05) is 12.1 Å². The minimum absolute atomic E-state index is 0.168. The van der Waals surface area contributed by atoms with Crippen molar-refractivity contribution in [3.63, 3.8) is 0 Å². The second-order valence-corrected chi connectivity index (χ2v) is 4.95. The molecule has 1 aromatic rings. The van der Waals surface area contributed by atoms with Gasteiger partial charge < -0.3 is 5.32 Å². The fourth-order valence-corrected chi connectivity index (χ4v) is 2.12. The highest BCUT2D eigenvalue weighted by molar-refractivity contribution is 5.20. The molecule has 2 heteroatoms. The van der Waals surface area contributed by atoms with Gasteiger partial charge in [0.15, 0.2) is 0 Å². The lowest BCUT2D eigenvalue weighted by Gasteiger charge is -2.28. The maximum atomic E-state index is 12.9. The highest BCUT2D eigenvalue weighted by Gasteiger charge is 2.18. The highest BCUT2D eigenvalue weighted by Crippen LogP contribution is 2.23. The molecule has 0 fully saturated rings. The largest absolute Gasteiger partial charge is 0.307 e. The average molecular weight is 237 g/mol. The molecule has 1 atom stereocenters. The van der Waals surface area contributed by atoms with Crippen molar-refractivity contribution in [2.24, 2.45) is 5.92 Å². The van der Waals surface area contributed by atoms with Crippen LogP contribution in [0.2, 0.25) is 0 Å². The van der Waals surface area contributed by atoms with E-state index in [1.54, 1.807) is 12.1 Å². The van der Waals surface area contributed by atoms with Crippen LogP contribution in [0.25, 0.3) is 0 Å². The van der Waals surface area contributed by atoms with Gasteiger partial charge in [-0.3, -0.25) is 0 Å². The van der Waals surface area contributed by atoms with Crippen LogP contribution in [0.3, 0.4) is 0 Å². The maximum Gasteiger partial charge on any atom is 0.123 e. The van der Waals surface area contributed by atoms with E-state index in [9.17, 15) is 4.39 Å². The third kappa shape index (κ3) is 4.12. The summed E-state index contributed by atoms with van der Waals surface area (Å²) < 4.78 is 12.9. The van der Waals surface area contributed by atoms with Crippen LogP contribution in [0.4, 0.5) is 4.39 Å². The van der Waals surface area contributed by atoms with Gasteiger partial charge in [0, 0.05) is 12.1 Å². The summed E-state index contributed by atoms with van der Waals surface area (Å²) >= 11 is 0. The second kappa shape index (κ2) is 6.75. The van der Waals surface area contributed by atoms with Gasteiger partial charge in [0.1, 0.15) is 5.82 Å². The molecule has 1 nitrogen and oxygen atoms in total. The van der Waals surface area contributed by atoms with E-state index in [-0.39, 0.29) is 5.82 Å². The molecule has 1 rings (SSSR count). The fraction of sp³-hybridized carbons (Fsp3) is 0.600. The monoisotopic (exact) mass is 237 g/mol. The minimum atomic E-state index is -0.168. The maximum absolute atomic E-state index is 12.9. The normalized spacial score (nSPS) is 13.4. The van der Waals surface area contributed by atoms with Crippen LogP contribution in [-0.4, -0.2) is 6.04 Å². The molecule has 1 unspecified atom stereocenters. The molecule has 0 aromatic heterocycles. The molecule has 0 aliphatic heterocycles. The molecule has 17 heavy (non-hydrogen) atoms. The number of hydrogen-bond donors (Lipinski definition) is 1. The van der Waals surface area contributed by atoms with Gasteiger partial charge in [-0.05, 0) is 36.5 Å². The molecule has 0 saturated heterocycles. The minimum Gasteiger partial charge on any atom is -0.307 e. The molecule has 1 aromatic carbocycles. The Morgan fingerprint density at radius 2 is 1.59 bits per heavy atom. The molecule has 1 N–H and O–H groups in total. The van der Waals surface area contributed by atoms with Gasteiger partial charge in [0.25, 0.3) is 0 Å². The lowest BCUT2D eigenvalue weighted by molar-refractivity contribution is 0.346. The first-order chi connectivity index (χ1) is 8.08. The van der Waals surface area contributed by atoms with Crippen LogP contribution in [0.5, 0.6) is 0 Å². The first-order valence-electron chi connectivity index (χ1n) is 6.60. The van der Waals surface area contributed by atoms with Gasteiger partial charge in [-0.25, -0.2) is 4.39 Å². The van der Waals surface area contributed by atoms with Gasteiger partial charge >= 0.3 is 0 Å². The number of hydrogen-bond acceptors (Lipinski definition) is 1. The van der Waals surface area contributed by atoms with Crippen molar-refractivity contribution in [3.05, 3.63) is 35.6 Å². The lowest BCUT2D eigenvalue weighted by atomic mass is 9.94. The van der Waals surface area contributed by atoms with Crippen LogP contribution >= 0.6 is 0 Å². The zero-order valence-corrected chi connectivity index (χ0v) is 11.3. The average Bonchev–Trinajstić information content (AvgIpc) is 2.32. The summed E-state index contributed by atoms with van der Waals surface area (Å²) in [6.45, 7) is 8.79. The van der Waals surface area contributed by atoms with E-state index in [1.165, 1.54) is 5.56 Å². The SMILES string of the molecule is CCC(CC)NC(c1ccc(F)cc1)C(C)C. The first kappa shape index (κ1) is 14.2. The van der Waals surface area contributed by atoms with Crippen molar-refractivity contribution >= 4 is 0 Å². The van der Waals surface area contributed by atoms with E-state index in [2.05, 4.69) is 33.0 Å². The first-order valence-corrected chi connectivity index (χ1v) is 6.60. The van der Waals surface area contributed by atoms with Gasteiger partial charge in [0.05, 0.1) is 0 Å². The third-order valence-corrected chi connectivity index (χ3v) is 3.30. The molecule has 0 bridgehead atoms. The van der Waals surface area contributed by atoms with Crippen LogP contribution in [0.15, 0.2) is 24.3 Å². The predicted octanol–water partition coefficient (Wildman–Crippen LogP) is 4.30. The molecule has 0 aliphatic rings. The molecule has 96 valence electrons. The second-order valence-electron chi connectivity index (χ2n) is 4.95. The van der Waals surface area contributed by atoms with E-state index in [0.717, 1.165) is 12.8 Å². The Bertz CT molecular complexity index is 314. The number of halogens is 1. The highest BCUT2D eigenvalue weighted by atomic mass is 19.1. The summed E-state index contributed by atoms with van der Waals surface area (Å²) in [7, 11) is 0. The molecule has 0 spiro atoms. The molecule has 0 aliphatic carbocycles. The summed E-state index contributed by atoms with van der Waals surface area (Å²) in [5, 5.41) is 3.67. The number of nitrogens with one attached hydrogen (secondary N) is 1. The van der Waals surface area contributed by atoms with Crippen molar-refractivity contribution in [1.29, 1.82) is 0 Å². The van der Waals surface area contributed by atoms with Gasteiger partial charge in [0.2, 0.25) is 0 Å². The van der Waals surface area contributed by atoms with E-state index in [4.69, 9.17) is 0 Å². The zero-order chi connectivity index (χ0) is 12.8. The summed E-state index contributed by atoms with van der Waals surface area (Å²) in [5.74, 6) is 0.333. The number of rotatable bonds is 6. The van der Waals surface area contributed by atoms with Gasteiger partial charge in [-0.2, -0.15) is 0 Å². The third-order valence-electron chi connectivity index (χ3n) is 3.30. The van der Waals surface area contributed by atoms with Crippen LogP contribution in [-0.2, 0) is 0 Å². The fourth-order valence-electron chi connectivity index (χ4n) is 2.12. The lowest BCUT2D eigenvalue weighted by Crippen LogP contribution is -2.34. The Kier molecular flexibility index (Phi) is 5.63. The summed E-state index contributed by atoms with van der Waals surface area (Å²) in [6, 6.07) is 7.69. The van der Waals surface area contributed by atoms with E-state index >= 15 is 0 Å². The summed E-state index contributed by atoms with van der Waals surface area (Å²) in [4.78, 5) is 0. The quantitative estimate of drug-likeness (QED) is 0.777. The van der Waals surface area contributed by atoms with Gasteiger partial charge in [-0.15, -0.1) is 0 Å². The Morgan fingerprint density at radius 3 is 2.00 bits per heavy atom. The summed E-state index contributed by atoms with van der Waals surface area (Å²) in [6.07, 6.45) is 2.25. The Hall–Kier alpha value is -0.890. The number of benzene rings is 1. The Morgan fingerprint density at radius 1 is 1.06 bits per heavy atom. The van der Waals surface area contributed by atoms with Crippen molar-refractivity contribution in [2.75, 3.05) is 0 Å². The van der Waals surface area contributed by atoms with Crippen LogP contribution < -0.4 is 5.32 Å². The smallest absolute Gasteiger partial charge is 0.123 e. The Balaban J connectivity index is 2.82. The van der Waals surface area contributed by atoms with Crippen molar-refractivity contribution in [2.45, 2.75) is 52.6 Å².